The predicted octanol–water partition coefficient (Wildman–Crippen LogP) is 1.93. The Bertz CT molecular complexity index is 965. The summed E-state index contributed by atoms with van der Waals surface area (Å²) in [7, 11) is -3.08. The maximum absolute atomic E-state index is 11.9. The fourth-order valence-electron chi connectivity index (χ4n) is 2.89. The minimum Gasteiger partial charge on any atom is -0.290 e. The van der Waals surface area contributed by atoms with E-state index < -0.39 is 10.0 Å². The van der Waals surface area contributed by atoms with Crippen LogP contribution in [0.3, 0.4) is 0 Å². The van der Waals surface area contributed by atoms with Crippen LogP contribution in [-0.2, 0) is 16.6 Å². The van der Waals surface area contributed by atoms with Crippen LogP contribution in [-0.4, -0.2) is 39.4 Å². The zero-order valence-corrected chi connectivity index (χ0v) is 13.3. The quantitative estimate of drug-likeness (QED) is 0.737. The molecule has 4 rings (SSSR count). The molecule has 0 spiro atoms. The van der Waals surface area contributed by atoms with Crippen molar-refractivity contribution in [2.75, 3.05) is 12.3 Å². The SMILES string of the molecule is O=S1(=O)CCCN1Cc1cccc(-c2cnc3cncn3c2)c1. The smallest absolute Gasteiger partial charge is 0.214 e. The van der Waals surface area contributed by atoms with Gasteiger partial charge in [-0.2, -0.15) is 4.31 Å². The number of aromatic nitrogens is 3. The standard InChI is InChI=1S/C16H16N4O2S/c21-23(22)6-2-5-20(23)10-13-3-1-4-14(7-13)15-8-18-16-9-17-12-19(16)11-15/h1,3-4,7-9,11-12H,2,5-6,10H2. The Morgan fingerprint density at radius 1 is 1.17 bits per heavy atom. The zero-order valence-electron chi connectivity index (χ0n) is 12.5. The fraction of sp³-hybridized carbons (Fsp3) is 0.250. The van der Waals surface area contributed by atoms with Crippen LogP contribution < -0.4 is 0 Å². The Kier molecular flexibility index (Phi) is 3.39. The van der Waals surface area contributed by atoms with Crippen molar-refractivity contribution < 1.29 is 8.42 Å². The molecule has 1 aromatic carbocycles. The first-order valence-corrected chi connectivity index (χ1v) is 9.08. The molecule has 0 amide bonds. The van der Waals surface area contributed by atoms with Gasteiger partial charge in [-0.1, -0.05) is 18.2 Å². The van der Waals surface area contributed by atoms with Crippen molar-refractivity contribution in [3.8, 4) is 11.1 Å². The third-order valence-corrected chi connectivity index (χ3v) is 5.99. The number of sulfonamides is 1. The van der Waals surface area contributed by atoms with Gasteiger partial charge in [0.2, 0.25) is 10.0 Å². The Morgan fingerprint density at radius 2 is 2.09 bits per heavy atom. The average Bonchev–Trinajstić information content (AvgIpc) is 3.13. The molecule has 7 heteroatoms. The van der Waals surface area contributed by atoms with Crippen molar-refractivity contribution >= 4 is 15.7 Å². The molecule has 0 atom stereocenters. The summed E-state index contributed by atoms with van der Waals surface area (Å²) in [4.78, 5) is 8.43. The third kappa shape index (κ3) is 2.73. The Morgan fingerprint density at radius 3 is 2.91 bits per heavy atom. The fourth-order valence-corrected chi connectivity index (χ4v) is 4.39. The van der Waals surface area contributed by atoms with Crippen LogP contribution in [0.25, 0.3) is 16.8 Å². The van der Waals surface area contributed by atoms with Crippen LogP contribution in [0.2, 0.25) is 0 Å². The lowest BCUT2D eigenvalue weighted by Crippen LogP contribution is -2.25. The average molecular weight is 328 g/mol. The van der Waals surface area contributed by atoms with Crippen LogP contribution in [0.15, 0.2) is 49.2 Å². The van der Waals surface area contributed by atoms with Gasteiger partial charge in [-0.3, -0.25) is 4.40 Å². The molecular weight excluding hydrogens is 312 g/mol. The highest BCUT2D eigenvalue weighted by Gasteiger charge is 2.27. The van der Waals surface area contributed by atoms with E-state index in [1.165, 1.54) is 0 Å². The minimum atomic E-state index is -3.08. The highest BCUT2D eigenvalue weighted by Crippen LogP contribution is 2.23. The first-order chi connectivity index (χ1) is 11.1. The normalized spacial score (nSPS) is 17.7. The van der Waals surface area contributed by atoms with Crippen molar-refractivity contribution in [1.82, 2.24) is 18.7 Å². The number of benzene rings is 1. The van der Waals surface area contributed by atoms with Gasteiger partial charge in [0.15, 0.2) is 5.65 Å². The summed E-state index contributed by atoms with van der Waals surface area (Å²) < 4.78 is 27.3. The van der Waals surface area contributed by atoms with Crippen molar-refractivity contribution in [1.29, 1.82) is 0 Å². The van der Waals surface area contributed by atoms with E-state index in [-0.39, 0.29) is 5.75 Å². The molecule has 6 nitrogen and oxygen atoms in total. The van der Waals surface area contributed by atoms with Gasteiger partial charge in [0.25, 0.3) is 0 Å². The molecule has 3 heterocycles. The van der Waals surface area contributed by atoms with E-state index in [9.17, 15) is 8.42 Å². The molecule has 0 radical (unpaired) electrons. The summed E-state index contributed by atoms with van der Waals surface area (Å²) >= 11 is 0. The van der Waals surface area contributed by atoms with Gasteiger partial charge in [0.1, 0.15) is 6.33 Å². The number of rotatable bonds is 3. The van der Waals surface area contributed by atoms with E-state index in [0.717, 1.165) is 22.3 Å². The Hall–Kier alpha value is -2.25. The largest absolute Gasteiger partial charge is 0.290 e. The molecule has 1 saturated heterocycles. The van der Waals surface area contributed by atoms with E-state index in [0.29, 0.717) is 19.5 Å². The van der Waals surface area contributed by atoms with E-state index in [1.54, 1.807) is 16.8 Å². The second kappa shape index (κ2) is 5.43. The molecule has 3 aromatic rings. The maximum atomic E-state index is 11.9. The number of nitrogens with zero attached hydrogens (tertiary/aromatic N) is 4. The first-order valence-electron chi connectivity index (χ1n) is 7.47. The summed E-state index contributed by atoms with van der Waals surface area (Å²) in [6, 6.07) is 7.93. The lowest BCUT2D eigenvalue weighted by molar-refractivity contribution is 0.440. The van der Waals surface area contributed by atoms with Gasteiger partial charge in [-0.05, 0) is 23.6 Å². The van der Waals surface area contributed by atoms with Crippen LogP contribution in [0, 0.1) is 0 Å². The molecule has 0 saturated carbocycles. The summed E-state index contributed by atoms with van der Waals surface area (Å²) in [6.07, 6.45) is 7.91. The van der Waals surface area contributed by atoms with Crippen LogP contribution in [0.1, 0.15) is 12.0 Å². The molecule has 0 aliphatic carbocycles. The lowest BCUT2D eigenvalue weighted by Gasteiger charge is -2.15. The van der Waals surface area contributed by atoms with Gasteiger partial charge >= 0.3 is 0 Å². The second-order valence-electron chi connectivity index (χ2n) is 5.71. The van der Waals surface area contributed by atoms with Gasteiger partial charge in [-0.25, -0.2) is 18.4 Å². The zero-order chi connectivity index (χ0) is 15.9. The number of imidazole rings is 1. The molecule has 0 N–H and O–H groups in total. The molecule has 2 aromatic heterocycles. The molecule has 1 aliphatic rings. The lowest BCUT2D eigenvalue weighted by atomic mass is 10.1. The van der Waals surface area contributed by atoms with Crippen molar-refractivity contribution in [2.45, 2.75) is 13.0 Å². The Labute approximate surface area is 134 Å². The number of hydrogen-bond acceptors (Lipinski definition) is 4. The van der Waals surface area contributed by atoms with E-state index in [2.05, 4.69) is 9.97 Å². The molecule has 0 unspecified atom stereocenters. The molecule has 23 heavy (non-hydrogen) atoms. The highest BCUT2D eigenvalue weighted by molar-refractivity contribution is 7.89. The number of fused-ring (bicyclic) bond motifs is 1. The molecule has 0 bridgehead atoms. The maximum Gasteiger partial charge on any atom is 0.214 e. The molecule has 1 aliphatic heterocycles. The monoisotopic (exact) mass is 328 g/mol. The summed E-state index contributed by atoms with van der Waals surface area (Å²) in [5.41, 5.74) is 3.77. The third-order valence-electron chi connectivity index (χ3n) is 4.08. The van der Waals surface area contributed by atoms with Crippen LogP contribution >= 0.6 is 0 Å². The van der Waals surface area contributed by atoms with E-state index >= 15 is 0 Å². The number of hydrogen-bond donors (Lipinski definition) is 0. The van der Waals surface area contributed by atoms with Crippen molar-refractivity contribution in [2.24, 2.45) is 0 Å². The molecule has 118 valence electrons. The van der Waals surface area contributed by atoms with E-state index in [4.69, 9.17) is 0 Å². The van der Waals surface area contributed by atoms with Crippen LogP contribution in [0.4, 0.5) is 0 Å². The first kappa shape index (κ1) is 14.3. The van der Waals surface area contributed by atoms with Gasteiger partial charge in [0, 0.05) is 31.0 Å². The predicted molar refractivity (Wildman–Crippen MR) is 87.2 cm³/mol. The van der Waals surface area contributed by atoms with Gasteiger partial charge in [0.05, 0.1) is 11.9 Å². The summed E-state index contributed by atoms with van der Waals surface area (Å²) in [6.45, 7) is 1.03. The topological polar surface area (TPSA) is 67.6 Å². The van der Waals surface area contributed by atoms with E-state index in [1.807, 2.05) is 41.1 Å². The molecular formula is C16H16N4O2S. The van der Waals surface area contributed by atoms with Crippen LogP contribution in [0.5, 0.6) is 0 Å². The van der Waals surface area contributed by atoms with Crippen molar-refractivity contribution in [3.05, 3.63) is 54.7 Å². The van der Waals surface area contributed by atoms with Crippen molar-refractivity contribution in [3.63, 3.8) is 0 Å². The van der Waals surface area contributed by atoms with Gasteiger partial charge in [-0.15, -0.1) is 0 Å². The van der Waals surface area contributed by atoms with Gasteiger partial charge < -0.3 is 0 Å². The second-order valence-corrected chi connectivity index (χ2v) is 7.79. The molecule has 1 fully saturated rings. The summed E-state index contributed by atoms with van der Waals surface area (Å²) in [5.74, 6) is 0.258. The highest BCUT2D eigenvalue weighted by atomic mass is 32.2. The summed E-state index contributed by atoms with van der Waals surface area (Å²) in [5, 5.41) is 0. The Balaban J connectivity index is 1.65. The minimum absolute atomic E-state index is 0.258.